The fraction of sp³-hybridized carbons (Fsp3) is 0.200. The van der Waals surface area contributed by atoms with Gasteiger partial charge >= 0.3 is 0 Å². The molecule has 1 N–H and O–H groups in total. The molecular formula is C20H17ClN4O4S. The molecule has 1 saturated heterocycles. The standard InChI is InChI=1S/C20H17ClN4O4S/c21-14-2-4-15(5-3-14)23-7-9-24(10-8-23)20-22-19(27)18(30-20)12-13-1-6-17(26)16(11-13)25(28)29/h1-6,11-12,26H,7-10H2/b18-12+. The minimum atomic E-state index is -0.724. The summed E-state index contributed by atoms with van der Waals surface area (Å²) in [6, 6.07) is 11.6. The highest BCUT2D eigenvalue weighted by molar-refractivity contribution is 8.18. The molecule has 8 nitrogen and oxygen atoms in total. The van der Waals surface area contributed by atoms with E-state index in [0.29, 0.717) is 20.7 Å². The summed E-state index contributed by atoms with van der Waals surface area (Å²) in [4.78, 5) is 30.5. The lowest BCUT2D eigenvalue weighted by molar-refractivity contribution is -0.837. The first-order valence-electron chi connectivity index (χ1n) is 9.24. The van der Waals surface area contributed by atoms with Gasteiger partial charge in [-0.25, -0.2) is 0 Å². The Morgan fingerprint density at radius 3 is 2.53 bits per heavy atom. The van der Waals surface area contributed by atoms with Crippen molar-refractivity contribution in [3.63, 3.8) is 0 Å². The molecule has 2 aromatic carbocycles. The van der Waals surface area contributed by atoms with Gasteiger partial charge in [-0.2, -0.15) is 4.99 Å². The molecule has 0 unspecified atom stereocenters. The number of piperazine rings is 1. The van der Waals surface area contributed by atoms with Gasteiger partial charge in [-0.05, 0) is 41.3 Å². The zero-order valence-corrected chi connectivity index (χ0v) is 17.3. The number of aliphatic imine (C=N–C) groups is 1. The molecule has 2 heterocycles. The second-order valence-corrected chi connectivity index (χ2v) is 8.34. The highest BCUT2D eigenvalue weighted by Gasteiger charge is 2.30. The Hall–Kier alpha value is -2.88. The van der Waals surface area contributed by atoms with E-state index in [-0.39, 0.29) is 5.91 Å². The summed E-state index contributed by atoms with van der Waals surface area (Å²) < 4.78 is 0. The number of carbonyl (C=O) groups is 1. The van der Waals surface area contributed by atoms with Gasteiger partial charge in [-0.1, -0.05) is 23.7 Å². The number of nitrogens with zero attached hydrogens (tertiary/aromatic N) is 3. The molecule has 0 aliphatic carbocycles. The van der Waals surface area contributed by atoms with Crippen molar-refractivity contribution in [2.24, 2.45) is 4.99 Å². The molecule has 1 fully saturated rings. The van der Waals surface area contributed by atoms with Crippen molar-refractivity contribution in [1.29, 1.82) is 0 Å². The highest BCUT2D eigenvalue weighted by atomic mass is 35.5. The van der Waals surface area contributed by atoms with E-state index in [1.165, 1.54) is 40.6 Å². The molecule has 1 amide bonds. The lowest BCUT2D eigenvalue weighted by atomic mass is 10.1. The predicted octanol–water partition coefficient (Wildman–Crippen LogP) is 1.82. The first-order valence-corrected chi connectivity index (χ1v) is 10.4. The third kappa shape index (κ3) is 4.33. The van der Waals surface area contributed by atoms with Crippen LogP contribution in [0.1, 0.15) is 5.56 Å². The van der Waals surface area contributed by atoms with Crippen molar-refractivity contribution in [2.75, 3.05) is 26.2 Å². The van der Waals surface area contributed by atoms with Gasteiger partial charge in [0.15, 0.2) is 5.17 Å². The molecule has 0 radical (unpaired) electrons. The summed E-state index contributed by atoms with van der Waals surface area (Å²) in [5.74, 6) is -1.04. The number of halogens is 1. The second-order valence-electron chi connectivity index (χ2n) is 6.89. The molecular weight excluding hydrogens is 428 g/mol. The van der Waals surface area contributed by atoms with Crippen LogP contribution in [0.15, 0.2) is 52.4 Å². The van der Waals surface area contributed by atoms with Crippen LogP contribution in [-0.2, 0) is 4.79 Å². The number of amides is 1. The third-order valence-electron chi connectivity index (χ3n) is 4.98. The Labute approximate surface area is 181 Å². The zero-order chi connectivity index (χ0) is 21.3. The van der Waals surface area contributed by atoms with E-state index in [9.17, 15) is 20.0 Å². The first kappa shape index (κ1) is 20.4. The summed E-state index contributed by atoms with van der Waals surface area (Å²) in [5, 5.41) is 23.8. The molecule has 0 bridgehead atoms. The normalized spacial score (nSPS) is 18.7. The number of thioether (sulfide) groups is 1. The average molecular weight is 445 g/mol. The van der Waals surface area contributed by atoms with Crippen LogP contribution < -0.4 is 10.0 Å². The van der Waals surface area contributed by atoms with Gasteiger partial charge in [0.1, 0.15) is 5.69 Å². The number of rotatable bonds is 3. The van der Waals surface area contributed by atoms with Crippen molar-refractivity contribution < 1.29 is 19.7 Å². The number of hydrogen-bond donors (Lipinski definition) is 1. The highest BCUT2D eigenvalue weighted by Crippen LogP contribution is 2.32. The fourth-order valence-electron chi connectivity index (χ4n) is 3.39. The Bertz CT molecular complexity index is 1060. The maximum atomic E-state index is 12.3. The van der Waals surface area contributed by atoms with E-state index in [1.807, 2.05) is 24.3 Å². The van der Waals surface area contributed by atoms with E-state index in [2.05, 4.69) is 9.89 Å². The number of benzene rings is 2. The van der Waals surface area contributed by atoms with E-state index < -0.39 is 16.4 Å². The fourth-order valence-corrected chi connectivity index (χ4v) is 4.48. The molecule has 0 aromatic heterocycles. The van der Waals surface area contributed by atoms with Crippen molar-refractivity contribution >= 4 is 51.9 Å². The van der Waals surface area contributed by atoms with Crippen LogP contribution in [0.4, 0.5) is 11.4 Å². The van der Waals surface area contributed by atoms with Crippen molar-refractivity contribution in [3.8, 4) is 5.75 Å². The van der Waals surface area contributed by atoms with E-state index in [1.54, 1.807) is 0 Å². The number of carbonyl (C=O) groups excluding carboxylic acids is 1. The second kappa shape index (κ2) is 8.47. The summed E-state index contributed by atoms with van der Waals surface area (Å²) >= 11 is 7.21. The molecule has 30 heavy (non-hydrogen) atoms. The molecule has 2 aromatic rings. The first-order chi connectivity index (χ1) is 14.4. The minimum Gasteiger partial charge on any atom is -0.868 e. The van der Waals surface area contributed by atoms with Gasteiger partial charge in [-0.15, -0.1) is 0 Å². The van der Waals surface area contributed by atoms with Crippen molar-refractivity contribution in [2.45, 2.75) is 0 Å². The molecule has 2 aliphatic heterocycles. The lowest BCUT2D eigenvalue weighted by Crippen LogP contribution is -3.10. The molecule has 0 spiro atoms. The summed E-state index contributed by atoms with van der Waals surface area (Å²) in [6.07, 6.45) is 1.53. The van der Waals surface area contributed by atoms with Gasteiger partial charge in [0.2, 0.25) is 0 Å². The maximum Gasteiger partial charge on any atom is 0.286 e. The Balaban J connectivity index is 1.42. The van der Waals surface area contributed by atoms with Gasteiger partial charge < -0.3 is 10.0 Å². The third-order valence-corrected chi connectivity index (χ3v) is 6.27. The molecule has 2 aliphatic rings. The molecule has 0 atom stereocenters. The zero-order valence-electron chi connectivity index (χ0n) is 15.7. The molecule has 154 valence electrons. The number of nitrogens with one attached hydrogen (secondary N) is 1. The number of hydrogen-bond acceptors (Lipinski definition) is 6. The minimum absolute atomic E-state index is 0.378. The maximum absolute atomic E-state index is 12.3. The van der Waals surface area contributed by atoms with Crippen LogP contribution in [0, 0.1) is 10.1 Å². The molecule has 4 rings (SSSR count). The lowest BCUT2D eigenvalue weighted by Gasteiger charge is -2.32. The van der Waals surface area contributed by atoms with Gasteiger partial charge in [0.25, 0.3) is 11.6 Å². The summed E-state index contributed by atoms with van der Waals surface area (Å²) in [5.41, 5.74) is 1.09. The van der Waals surface area contributed by atoms with E-state index in [0.717, 1.165) is 32.2 Å². The van der Waals surface area contributed by atoms with Crippen molar-refractivity contribution in [3.05, 3.63) is 68.1 Å². The topological polar surface area (TPSA) is 103 Å². The van der Waals surface area contributed by atoms with Gasteiger partial charge in [0, 0.05) is 23.2 Å². The SMILES string of the molecule is O=C1N=C(N2CC[NH+](c3ccc(Cl)cc3)CC2)S/C1=C/c1ccc([O-])c([N+](=O)[O-])c1. The number of quaternary nitrogens is 1. The monoisotopic (exact) mass is 444 g/mol. The van der Waals surface area contributed by atoms with Crippen LogP contribution in [0.25, 0.3) is 6.08 Å². The quantitative estimate of drug-likeness (QED) is 0.440. The van der Waals surface area contributed by atoms with Gasteiger partial charge in [0.05, 0.1) is 36.0 Å². The van der Waals surface area contributed by atoms with Crippen LogP contribution in [0.3, 0.4) is 0 Å². The van der Waals surface area contributed by atoms with Crippen LogP contribution in [-0.4, -0.2) is 47.1 Å². The van der Waals surface area contributed by atoms with E-state index in [4.69, 9.17) is 11.6 Å². The van der Waals surface area contributed by atoms with Crippen LogP contribution in [0.2, 0.25) is 5.02 Å². The number of amidine groups is 1. The largest absolute Gasteiger partial charge is 0.868 e. The molecule has 0 saturated carbocycles. The number of nitro benzene ring substituents is 1. The average Bonchev–Trinajstić information content (AvgIpc) is 3.10. The predicted molar refractivity (Wildman–Crippen MR) is 114 cm³/mol. The Morgan fingerprint density at radius 2 is 1.87 bits per heavy atom. The van der Waals surface area contributed by atoms with Crippen LogP contribution >= 0.6 is 23.4 Å². The summed E-state index contributed by atoms with van der Waals surface area (Å²) in [6.45, 7) is 3.23. The Morgan fingerprint density at radius 1 is 1.17 bits per heavy atom. The van der Waals surface area contributed by atoms with Crippen LogP contribution in [0.5, 0.6) is 5.75 Å². The molecule has 10 heteroatoms. The smallest absolute Gasteiger partial charge is 0.286 e. The number of nitro groups is 1. The Kier molecular flexibility index (Phi) is 5.76. The van der Waals surface area contributed by atoms with E-state index >= 15 is 0 Å². The van der Waals surface area contributed by atoms with Gasteiger partial charge in [-0.3, -0.25) is 19.8 Å². The summed E-state index contributed by atoms with van der Waals surface area (Å²) in [7, 11) is 0. The van der Waals surface area contributed by atoms with Crippen molar-refractivity contribution in [1.82, 2.24) is 4.90 Å².